The Hall–Kier alpha value is -0.540. The second-order valence-corrected chi connectivity index (χ2v) is 3.61. The number of nitrogens with zero attached hydrogens (tertiary/aromatic N) is 1. The van der Waals surface area contributed by atoms with Crippen molar-refractivity contribution >= 4 is 23.2 Å². The normalized spacial score (nSPS) is 21.0. The van der Waals surface area contributed by atoms with E-state index in [4.69, 9.17) is 23.2 Å². The average Bonchev–Trinajstić information content (AvgIpc) is 2.31. The molecule has 1 N–H and O–H groups in total. The van der Waals surface area contributed by atoms with Gasteiger partial charge in [-0.25, -0.2) is 4.98 Å². The first kappa shape index (κ1) is 8.08. The van der Waals surface area contributed by atoms with Gasteiger partial charge in [-0.05, 0) is 24.4 Å². The van der Waals surface area contributed by atoms with E-state index in [1.165, 1.54) is 0 Å². The van der Waals surface area contributed by atoms with Gasteiger partial charge in [-0.3, -0.25) is 9.78 Å². The molecular formula is C7H6Cl2N2O. The number of rotatable bonds is 0. The van der Waals surface area contributed by atoms with Crippen LogP contribution in [0.4, 0.5) is 0 Å². The van der Waals surface area contributed by atoms with Gasteiger partial charge >= 0.3 is 0 Å². The molecular weight excluding hydrogens is 199 g/mol. The lowest BCUT2D eigenvalue weighted by Crippen LogP contribution is -2.14. The molecule has 0 aliphatic heterocycles. The summed E-state index contributed by atoms with van der Waals surface area (Å²) >= 11 is 11.5. The van der Waals surface area contributed by atoms with Crippen LogP contribution in [0.15, 0.2) is 4.79 Å². The highest BCUT2D eigenvalue weighted by Crippen LogP contribution is 2.32. The first-order valence-electron chi connectivity index (χ1n) is 3.61. The lowest BCUT2D eigenvalue weighted by molar-refractivity contribution is 0.871. The number of aromatic nitrogens is 2. The Kier molecular flexibility index (Phi) is 1.85. The van der Waals surface area contributed by atoms with Gasteiger partial charge in [-0.1, -0.05) is 0 Å². The molecule has 1 aliphatic carbocycles. The SMILES string of the molecule is O=c1[nH]c(Cl)nc2c1C(Cl)CC2. The van der Waals surface area contributed by atoms with Crippen LogP contribution < -0.4 is 5.56 Å². The molecule has 5 heteroatoms. The fourth-order valence-corrected chi connectivity index (χ4v) is 1.94. The first-order chi connectivity index (χ1) is 5.68. The van der Waals surface area contributed by atoms with Crippen LogP contribution in [0.25, 0.3) is 0 Å². The van der Waals surface area contributed by atoms with Crippen molar-refractivity contribution in [3.8, 4) is 0 Å². The van der Waals surface area contributed by atoms with Gasteiger partial charge in [0.2, 0.25) is 5.28 Å². The molecule has 64 valence electrons. The number of aromatic amines is 1. The zero-order valence-electron chi connectivity index (χ0n) is 6.10. The summed E-state index contributed by atoms with van der Waals surface area (Å²) in [6, 6.07) is 0. The Balaban J connectivity index is 2.69. The third-order valence-corrected chi connectivity index (χ3v) is 2.57. The number of halogens is 2. The summed E-state index contributed by atoms with van der Waals surface area (Å²) in [5.41, 5.74) is 1.12. The zero-order valence-corrected chi connectivity index (χ0v) is 7.61. The fourth-order valence-electron chi connectivity index (χ4n) is 1.42. The van der Waals surface area contributed by atoms with E-state index in [0.717, 1.165) is 18.5 Å². The molecule has 1 unspecified atom stereocenters. The van der Waals surface area contributed by atoms with Gasteiger partial charge in [0.15, 0.2) is 0 Å². The number of alkyl halides is 1. The summed E-state index contributed by atoms with van der Waals surface area (Å²) in [7, 11) is 0. The largest absolute Gasteiger partial charge is 0.297 e. The molecule has 2 rings (SSSR count). The highest BCUT2D eigenvalue weighted by molar-refractivity contribution is 6.28. The van der Waals surface area contributed by atoms with Crippen molar-refractivity contribution in [3.63, 3.8) is 0 Å². The van der Waals surface area contributed by atoms with Gasteiger partial charge in [0, 0.05) is 0 Å². The molecule has 0 fully saturated rings. The lowest BCUT2D eigenvalue weighted by Gasteiger charge is -1.99. The van der Waals surface area contributed by atoms with Gasteiger partial charge < -0.3 is 0 Å². The molecule has 0 saturated carbocycles. The van der Waals surface area contributed by atoms with Crippen molar-refractivity contribution < 1.29 is 0 Å². The summed E-state index contributed by atoms with van der Waals surface area (Å²) in [6.07, 6.45) is 1.51. The molecule has 1 aromatic heterocycles. The van der Waals surface area contributed by atoms with Crippen LogP contribution in [-0.4, -0.2) is 9.97 Å². The Morgan fingerprint density at radius 1 is 1.58 bits per heavy atom. The standard InChI is InChI=1S/C7H6Cl2N2O/c8-3-1-2-4-5(3)6(12)11-7(9)10-4/h3H,1-2H2,(H,10,11,12). The van der Waals surface area contributed by atoms with Crippen LogP contribution in [0.3, 0.4) is 0 Å². The number of nitrogens with one attached hydrogen (secondary N) is 1. The Morgan fingerprint density at radius 2 is 2.33 bits per heavy atom. The van der Waals surface area contributed by atoms with E-state index in [2.05, 4.69) is 9.97 Å². The van der Waals surface area contributed by atoms with E-state index in [1.807, 2.05) is 0 Å². The molecule has 0 aromatic carbocycles. The fraction of sp³-hybridized carbons (Fsp3) is 0.429. The summed E-state index contributed by atoms with van der Waals surface area (Å²) in [4.78, 5) is 17.7. The number of H-pyrrole nitrogens is 1. The maximum Gasteiger partial charge on any atom is 0.256 e. The zero-order chi connectivity index (χ0) is 8.72. The highest BCUT2D eigenvalue weighted by Gasteiger charge is 2.25. The van der Waals surface area contributed by atoms with Gasteiger partial charge in [-0.15, -0.1) is 11.6 Å². The minimum atomic E-state index is -0.206. The van der Waals surface area contributed by atoms with E-state index in [9.17, 15) is 4.79 Å². The van der Waals surface area contributed by atoms with Crippen molar-refractivity contribution in [2.45, 2.75) is 18.2 Å². The van der Waals surface area contributed by atoms with Crippen LogP contribution in [0.5, 0.6) is 0 Å². The predicted molar refractivity (Wildman–Crippen MR) is 46.8 cm³/mol. The van der Waals surface area contributed by atoms with E-state index in [-0.39, 0.29) is 16.2 Å². The molecule has 1 aliphatic rings. The summed E-state index contributed by atoms with van der Waals surface area (Å²) in [5, 5.41) is -0.0574. The molecule has 1 atom stereocenters. The minimum Gasteiger partial charge on any atom is -0.297 e. The lowest BCUT2D eigenvalue weighted by atomic mass is 10.2. The van der Waals surface area contributed by atoms with Gasteiger partial charge in [-0.2, -0.15) is 0 Å². The minimum absolute atomic E-state index is 0.143. The predicted octanol–water partition coefficient (Wildman–Crippen LogP) is 1.65. The second-order valence-electron chi connectivity index (χ2n) is 2.72. The van der Waals surface area contributed by atoms with Gasteiger partial charge in [0.05, 0.1) is 16.6 Å². The maximum atomic E-state index is 11.3. The molecule has 3 nitrogen and oxygen atoms in total. The molecule has 0 amide bonds. The molecule has 0 spiro atoms. The number of fused-ring (bicyclic) bond motifs is 1. The third kappa shape index (κ3) is 1.13. The summed E-state index contributed by atoms with van der Waals surface area (Å²) in [6.45, 7) is 0. The molecule has 0 bridgehead atoms. The van der Waals surface area contributed by atoms with Crippen molar-refractivity contribution in [2.75, 3.05) is 0 Å². The molecule has 0 saturated heterocycles. The van der Waals surface area contributed by atoms with Crippen LogP contribution in [0.2, 0.25) is 5.28 Å². The molecule has 0 radical (unpaired) electrons. The van der Waals surface area contributed by atoms with Crippen molar-refractivity contribution in [3.05, 3.63) is 26.9 Å². The maximum absolute atomic E-state index is 11.3. The summed E-state index contributed by atoms with van der Waals surface area (Å²) in [5.74, 6) is 0. The van der Waals surface area contributed by atoms with Crippen LogP contribution in [-0.2, 0) is 6.42 Å². The van der Waals surface area contributed by atoms with Crippen LogP contribution in [0, 0.1) is 0 Å². The summed E-state index contributed by atoms with van der Waals surface area (Å²) < 4.78 is 0. The van der Waals surface area contributed by atoms with Crippen LogP contribution in [0.1, 0.15) is 23.1 Å². The van der Waals surface area contributed by atoms with E-state index < -0.39 is 0 Å². The van der Waals surface area contributed by atoms with E-state index >= 15 is 0 Å². The van der Waals surface area contributed by atoms with E-state index in [0.29, 0.717) is 5.56 Å². The smallest absolute Gasteiger partial charge is 0.256 e. The number of hydrogen-bond donors (Lipinski definition) is 1. The Bertz CT molecular complexity index is 374. The van der Waals surface area contributed by atoms with Gasteiger partial charge in [0.25, 0.3) is 5.56 Å². The average molecular weight is 205 g/mol. The highest BCUT2D eigenvalue weighted by atomic mass is 35.5. The van der Waals surface area contributed by atoms with Crippen molar-refractivity contribution in [2.24, 2.45) is 0 Å². The monoisotopic (exact) mass is 204 g/mol. The van der Waals surface area contributed by atoms with E-state index in [1.54, 1.807) is 0 Å². The molecule has 1 aromatic rings. The first-order valence-corrected chi connectivity index (χ1v) is 4.42. The second kappa shape index (κ2) is 2.75. The van der Waals surface area contributed by atoms with Crippen LogP contribution >= 0.6 is 23.2 Å². The topological polar surface area (TPSA) is 45.8 Å². The van der Waals surface area contributed by atoms with Crippen molar-refractivity contribution in [1.29, 1.82) is 0 Å². The van der Waals surface area contributed by atoms with Gasteiger partial charge in [0.1, 0.15) is 0 Å². The Labute approximate surface area is 78.7 Å². The number of hydrogen-bond acceptors (Lipinski definition) is 2. The third-order valence-electron chi connectivity index (χ3n) is 1.95. The van der Waals surface area contributed by atoms with Crippen molar-refractivity contribution in [1.82, 2.24) is 9.97 Å². The molecule has 1 heterocycles. The Morgan fingerprint density at radius 3 is 3.08 bits per heavy atom. The number of aryl methyl sites for hydroxylation is 1. The molecule has 12 heavy (non-hydrogen) atoms. The quantitative estimate of drug-likeness (QED) is 0.517.